The van der Waals surface area contributed by atoms with E-state index in [4.69, 9.17) is 21.1 Å². The number of halogens is 4. The van der Waals surface area contributed by atoms with Crippen LogP contribution in [0.1, 0.15) is 34.2 Å². The van der Waals surface area contributed by atoms with Crippen molar-refractivity contribution in [3.63, 3.8) is 0 Å². The highest BCUT2D eigenvalue weighted by molar-refractivity contribution is 7.90. The zero-order chi connectivity index (χ0) is 32.3. The molecule has 45 heavy (non-hydrogen) atoms. The van der Waals surface area contributed by atoms with Gasteiger partial charge in [0.2, 0.25) is 0 Å². The Balaban J connectivity index is 1.36. The van der Waals surface area contributed by atoms with Crippen LogP contribution in [-0.2, 0) is 28.6 Å². The number of aryl methyl sites for hydroxylation is 1. The lowest BCUT2D eigenvalue weighted by atomic mass is 10.00. The van der Waals surface area contributed by atoms with E-state index in [2.05, 4.69) is 4.98 Å². The molecule has 0 aliphatic carbocycles. The van der Waals surface area contributed by atoms with E-state index in [1.54, 1.807) is 18.2 Å². The van der Waals surface area contributed by atoms with Crippen LogP contribution in [0.5, 0.6) is 11.5 Å². The Morgan fingerprint density at radius 2 is 1.73 bits per heavy atom. The molecule has 6 rings (SSSR count). The normalized spacial score (nSPS) is 16.0. The van der Waals surface area contributed by atoms with Crippen LogP contribution in [0.4, 0.5) is 13.2 Å². The molecule has 1 N–H and O–H groups in total. The lowest BCUT2D eigenvalue weighted by Gasteiger charge is -2.24. The summed E-state index contributed by atoms with van der Waals surface area (Å²) < 4.78 is 83.5. The minimum Gasteiger partial charge on any atom is -0.478 e. The Morgan fingerprint density at radius 3 is 2.40 bits per heavy atom. The molecule has 0 radical (unpaired) electrons. The van der Waals surface area contributed by atoms with Gasteiger partial charge in [0.05, 0.1) is 27.9 Å². The topological polar surface area (TPSA) is 108 Å². The van der Waals surface area contributed by atoms with Crippen LogP contribution in [0, 0.1) is 17.5 Å². The second kappa shape index (κ2) is 11.1. The summed E-state index contributed by atoms with van der Waals surface area (Å²) in [6, 6.07) is 15.2. The fourth-order valence-corrected chi connectivity index (χ4v) is 6.03. The molecule has 0 bridgehead atoms. The van der Waals surface area contributed by atoms with Gasteiger partial charge in [-0.05, 0) is 60.2 Å². The summed E-state index contributed by atoms with van der Waals surface area (Å²) in [6.45, 7) is 1.41. The van der Waals surface area contributed by atoms with E-state index < -0.39 is 39.0 Å². The van der Waals surface area contributed by atoms with Crippen molar-refractivity contribution in [3.8, 4) is 22.6 Å². The number of carboxylic acid groups (broad SMARTS) is 1. The number of rotatable bonds is 8. The van der Waals surface area contributed by atoms with Crippen LogP contribution in [0.3, 0.4) is 0 Å². The van der Waals surface area contributed by atoms with Crippen LogP contribution in [-0.4, -0.2) is 41.1 Å². The molecule has 0 fully saturated rings. The highest BCUT2D eigenvalue weighted by Gasteiger charge is 2.42. The second-order valence-electron chi connectivity index (χ2n) is 10.8. The maximum atomic E-state index is 15.7. The van der Waals surface area contributed by atoms with Gasteiger partial charge in [-0.2, -0.15) is 0 Å². The van der Waals surface area contributed by atoms with Gasteiger partial charge in [-0.15, -0.1) is 0 Å². The minimum atomic E-state index is -3.43. The number of carboxylic acids is 1. The first-order valence-corrected chi connectivity index (χ1v) is 16.0. The molecule has 0 saturated heterocycles. The molecule has 1 aromatic heterocycles. The first-order chi connectivity index (χ1) is 21.2. The highest BCUT2D eigenvalue weighted by Crippen LogP contribution is 2.50. The third kappa shape index (κ3) is 5.83. The number of benzene rings is 4. The molecule has 1 aliphatic heterocycles. The Morgan fingerprint density at radius 1 is 1.00 bits per heavy atom. The smallest absolute Gasteiger partial charge is 0.335 e. The monoisotopic (exact) mass is 656 g/mol. The number of aromatic carboxylic acids is 1. The average molecular weight is 657 g/mol. The molecular formula is C32H24ClF3N2O6S. The van der Waals surface area contributed by atoms with Crippen LogP contribution < -0.4 is 9.47 Å². The van der Waals surface area contributed by atoms with Gasteiger partial charge in [-0.25, -0.2) is 31.4 Å². The minimum absolute atomic E-state index is 0.0484. The number of nitrogens with zero attached hydrogens (tertiary/aromatic N) is 2. The quantitative estimate of drug-likeness (QED) is 0.197. The molecule has 232 valence electrons. The fourth-order valence-electron chi connectivity index (χ4n) is 5.35. The van der Waals surface area contributed by atoms with Crippen molar-refractivity contribution < 1.29 is 41.0 Å². The van der Waals surface area contributed by atoms with Gasteiger partial charge in [0, 0.05) is 42.3 Å². The second-order valence-corrected chi connectivity index (χ2v) is 13.5. The highest BCUT2D eigenvalue weighted by atomic mass is 35.5. The van der Waals surface area contributed by atoms with E-state index in [1.807, 2.05) is 0 Å². The SMILES string of the molecule is CC1(c2ccc(Cl)cc2F)Oc2cccc(-c3cc(F)c(Cc4nc5ccc(C(=O)O)cc5n4CCS(C)(=O)=O)c(F)c3)c2O1. The van der Waals surface area contributed by atoms with Gasteiger partial charge in [0.15, 0.2) is 11.5 Å². The Hall–Kier alpha value is -4.55. The first kappa shape index (κ1) is 30.5. The third-order valence-corrected chi connectivity index (χ3v) is 8.71. The molecule has 0 amide bonds. The number of para-hydroxylation sites is 1. The van der Waals surface area contributed by atoms with Gasteiger partial charge >= 0.3 is 5.97 Å². The zero-order valence-corrected chi connectivity index (χ0v) is 25.3. The molecule has 0 spiro atoms. The molecule has 5 aromatic rings. The number of ether oxygens (including phenoxy) is 2. The molecule has 1 atom stereocenters. The van der Waals surface area contributed by atoms with Crippen molar-refractivity contribution in [1.29, 1.82) is 0 Å². The number of hydrogen-bond acceptors (Lipinski definition) is 6. The van der Waals surface area contributed by atoms with E-state index in [0.29, 0.717) is 16.6 Å². The van der Waals surface area contributed by atoms with Crippen molar-refractivity contribution >= 4 is 38.4 Å². The summed E-state index contributed by atoms with van der Waals surface area (Å²) in [7, 11) is -3.43. The number of fused-ring (bicyclic) bond motifs is 2. The maximum absolute atomic E-state index is 15.7. The fraction of sp³-hybridized carbons (Fsp3) is 0.188. The Labute approximate surface area is 260 Å². The van der Waals surface area contributed by atoms with Gasteiger partial charge in [-0.1, -0.05) is 23.7 Å². The molecule has 4 aromatic carbocycles. The lowest BCUT2D eigenvalue weighted by molar-refractivity contribution is -0.0705. The van der Waals surface area contributed by atoms with Gasteiger partial charge in [-0.3, -0.25) is 0 Å². The molecule has 13 heteroatoms. The van der Waals surface area contributed by atoms with Crippen LogP contribution >= 0.6 is 11.6 Å². The van der Waals surface area contributed by atoms with Crippen LogP contribution in [0.25, 0.3) is 22.2 Å². The standard InChI is InChI=1S/C32H24ClF3N2O6S/c1-32(22-8-7-19(33)15-25(22)36)43-28-5-3-4-20(30(28)44-32)18-12-23(34)21(24(35)13-18)16-29-37-26-9-6-17(31(39)40)14-27(26)38(29)10-11-45(2,41)42/h3-9,12-15H,10-11,16H2,1-2H3,(H,39,40). The first-order valence-electron chi connectivity index (χ1n) is 13.6. The number of aromatic nitrogens is 2. The molecule has 8 nitrogen and oxygen atoms in total. The van der Waals surface area contributed by atoms with Gasteiger partial charge in [0.1, 0.15) is 33.1 Å². The van der Waals surface area contributed by atoms with E-state index >= 15 is 8.78 Å². The number of hydrogen-bond donors (Lipinski definition) is 1. The summed E-state index contributed by atoms with van der Waals surface area (Å²) in [5.41, 5.74) is 0.805. The summed E-state index contributed by atoms with van der Waals surface area (Å²) in [5, 5.41) is 9.63. The number of sulfone groups is 1. The number of imidazole rings is 1. The molecule has 1 unspecified atom stereocenters. The van der Waals surface area contributed by atoms with E-state index in [0.717, 1.165) is 24.5 Å². The van der Waals surface area contributed by atoms with Crippen molar-refractivity contribution in [2.45, 2.75) is 25.7 Å². The Bertz CT molecular complexity index is 2110. The molecule has 1 aliphatic rings. The average Bonchev–Trinajstić information content (AvgIpc) is 3.49. The predicted molar refractivity (Wildman–Crippen MR) is 161 cm³/mol. The summed E-state index contributed by atoms with van der Waals surface area (Å²) in [5.74, 6) is -4.96. The largest absolute Gasteiger partial charge is 0.478 e. The van der Waals surface area contributed by atoms with Gasteiger partial charge in [0.25, 0.3) is 5.79 Å². The lowest BCUT2D eigenvalue weighted by Crippen LogP contribution is -2.32. The van der Waals surface area contributed by atoms with E-state index in [-0.39, 0.29) is 63.3 Å². The Kier molecular flexibility index (Phi) is 7.52. The zero-order valence-electron chi connectivity index (χ0n) is 23.8. The van der Waals surface area contributed by atoms with Crippen molar-refractivity contribution in [1.82, 2.24) is 9.55 Å². The van der Waals surface area contributed by atoms with Crippen LogP contribution in [0.15, 0.2) is 66.7 Å². The molecule has 0 saturated carbocycles. The van der Waals surface area contributed by atoms with Gasteiger partial charge < -0.3 is 19.1 Å². The number of carbonyl (C=O) groups is 1. The summed E-state index contributed by atoms with van der Waals surface area (Å²) in [6.07, 6.45) is 0.704. The van der Waals surface area contributed by atoms with Crippen molar-refractivity contribution in [2.24, 2.45) is 0 Å². The summed E-state index contributed by atoms with van der Waals surface area (Å²) in [4.78, 5) is 16.0. The van der Waals surface area contributed by atoms with Crippen LogP contribution in [0.2, 0.25) is 5.02 Å². The third-order valence-electron chi connectivity index (χ3n) is 7.55. The maximum Gasteiger partial charge on any atom is 0.335 e. The van der Waals surface area contributed by atoms with E-state index in [1.165, 1.54) is 41.8 Å². The molecular weight excluding hydrogens is 633 g/mol. The van der Waals surface area contributed by atoms with Crippen molar-refractivity contribution in [2.75, 3.05) is 12.0 Å². The van der Waals surface area contributed by atoms with E-state index in [9.17, 15) is 22.7 Å². The summed E-state index contributed by atoms with van der Waals surface area (Å²) >= 11 is 5.89. The molecule has 2 heterocycles. The van der Waals surface area contributed by atoms with Crippen molar-refractivity contribution in [3.05, 3.63) is 112 Å². The predicted octanol–water partition coefficient (Wildman–Crippen LogP) is 6.75.